The third kappa shape index (κ3) is 3.96. The van der Waals surface area contributed by atoms with Crippen LogP contribution >= 0.6 is 0 Å². The molecule has 0 spiro atoms. The van der Waals surface area contributed by atoms with Gasteiger partial charge in [-0.25, -0.2) is 0 Å². The Hall–Kier alpha value is -2.89. The first-order chi connectivity index (χ1) is 12.0. The van der Waals surface area contributed by atoms with Crippen molar-refractivity contribution in [2.24, 2.45) is 0 Å². The monoisotopic (exact) mass is 340 g/mol. The number of hydrogen-bond donors (Lipinski definition) is 0. The number of para-hydroxylation sites is 1. The van der Waals surface area contributed by atoms with Gasteiger partial charge >= 0.3 is 0 Å². The maximum absolute atomic E-state index is 12.7. The Morgan fingerprint density at radius 2 is 2.08 bits per heavy atom. The van der Waals surface area contributed by atoms with Crippen molar-refractivity contribution in [3.63, 3.8) is 0 Å². The van der Waals surface area contributed by atoms with E-state index < -0.39 is 4.92 Å². The molecule has 6 heteroatoms. The maximum atomic E-state index is 12.7. The molecule has 3 rings (SSSR count). The van der Waals surface area contributed by atoms with Crippen molar-refractivity contribution in [1.29, 1.82) is 0 Å². The number of non-ortho nitro benzene ring substituents is 1. The number of nitro benzene ring substituents is 1. The summed E-state index contributed by atoms with van der Waals surface area (Å²) in [5.41, 5.74) is 1.84. The molecule has 130 valence electrons. The van der Waals surface area contributed by atoms with Crippen LogP contribution in [0.5, 0.6) is 5.75 Å². The van der Waals surface area contributed by atoms with Gasteiger partial charge < -0.3 is 9.64 Å². The van der Waals surface area contributed by atoms with E-state index in [9.17, 15) is 14.9 Å². The van der Waals surface area contributed by atoms with Gasteiger partial charge in [0, 0.05) is 30.7 Å². The van der Waals surface area contributed by atoms with E-state index in [1.807, 2.05) is 42.2 Å². The lowest BCUT2D eigenvalue weighted by Crippen LogP contribution is -2.39. The lowest BCUT2D eigenvalue weighted by Gasteiger charge is -2.26. The van der Waals surface area contributed by atoms with Crippen LogP contribution in [0.25, 0.3) is 0 Å². The Labute approximate surface area is 146 Å². The Morgan fingerprint density at radius 1 is 1.28 bits per heavy atom. The number of benzene rings is 2. The molecule has 1 heterocycles. The van der Waals surface area contributed by atoms with E-state index in [0.29, 0.717) is 26.0 Å². The Morgan fingerprint density at radius 3 is 2.88 bits per heavy atom. The van der Waals surface area contributed by atoms with Crippen LogP contribution in [-0.4, -0.2) is 28.4 Å². The zero-order valence-corrected chi connectivity index (χ0v) is 14.1. The maximum Gasteiger partial charge on any atom is 0.269 e. The van der Waals surface area contributed by atoms with Gasteiger partial charge in [-0.3, -0.25) is 14.9 Å². The largest absolute Gasteiger partial charge is 0.491 e. The van der Waals surface area contributed by atoms with Gasteiger partial charge in [0.05, 0.1) is 11.0 Å². The van der Waals surface area contributed by atoms with Gasteiger partial charge in [0.15, 0.2) is 0 Å². The van der Waals surface area contributed by atoms with Crippen molar-refractivity contribution in [3.05, 3.63) is 69.8 Å². The van der Waals surface area contributed by atoms with Gasteiger partial charge in [-0.1, -0.05) is 30.3 Å². The third-order valence-corrected chi connectivity index (χ3v) is 4.39. The first kappa shape index (κ1) is 17.0. The summed E-state index contributed by atoms with van der Waals surface area (Å²) in [6.07, 6.45) is 0.792. The van der Waals surface area contributed by atoms with Crippen LogP contribution in [0.4, 0.5) is 5.69 Å². The lowest BCUT2D eigenvalue weighted by atomic mass is 10.1. The van der Waals surface area contributed by atoms with Crippen LogP contribution in [0.3, 0.4) is 0 Å². The quantitative estimate of drug-likeness (QED) is 0.632. The number of rotatable bonds is 4. The van der Waals surface area contributed by atoms with Crippen LogP contribution in [0.1, 0.15) is 24.5 Å². The normalized spacial score (nSPS) is 16.5. The molecule has 0 saturated carbocycles. The highest BCUT2D eigenvalue weighted by Crippen LogP contribution is 2.25. The first-order valence-electron chi connectivity index (χ1n) is 8.28. The molecule has 0 bridgehead atoms. The van der Waals surface area contributed by atoms with Crippen LogP contribution in [0.2, 0.25) is 0 Å². The van der Waals surface area contributed by atoms with Crippen molar-refractivity contribution in [3.8, 4) is 5.75 Å². The molecular weight excluding hydrogens is 320 g/mol. The number of ether oxygens (including phenoxy) is 1. The fourth-order valence-corrected chi connectivity index (χ4v) is 2.97. The predicted molar refractivity (Wildman–Crippen MR) is 93.4 cm³/mol. The van der Waals surface area contributed by atoms with Crippen molar-refractivity contribution in [2.75, 3.05) is 6.61 Å². The summed E-state index contributed by atoms with van der Waals surface area (Å²) in [6, 6.07) is 14.2. The molecule has 1 atom stereocenters. The molecule has 0 fully saturated rings. The van der Waals surface area contributed by atoms with Crippen molar-refractivity contribution < 1.29 is 14.5 Å². The summed E-state index contributed by atoms with van der Waals surface area (Å²) in [6.45, 7) is 2.95. The molecule has 6 nitrogen and oxygen atoms in total. The molecule has 0 saturated heterocycles. The number of nitrogens with zero attached hydrogens (tertiary/aromatic N) is 2. The zero-order chi connectivity index (χ0) is 17.8. The first-order valence-corrected chi connectivity index (χ1v) is 8.28. The number of carbonyl (C=O) groups excluding carboxylic acids is 1. The van der Waals surface area contributed by atoms with Crippen LogP contribution in [0, 0.1) is 10.1 Å². The van der Waals surface area contributed by atoms with E-state index in [2.05, 4.69) is 0 Å². The molecule has 25 heavy (non-hydrogen) atoms. The molecule has 1 aliphatic heterocycles. The molecule has 2 aromatic carbocycles. The molecule has 1 aliphatic rings. The number of hydrogen-bond acceptors (Lipinski definition) is 4. The van der Waals surface area contributed by atoms with Gasteiger partial charge in [0.1, 0.15) is 12.4 Å². The summed E-state index contributed by atoms with van der Waals surface area (Å²) >= 11 is 0. The second kappa shape index (κ2) is 7.34. The Bertz CT molecular complexity index is 790. The number of carbonyl (C=O) groups is 1. The predicted octanol–water partition coefficient (Wildman–Crippen LogP) is 3.34. The smallest absolute Gasteiger partial charge is 0.269 e. The topological polar surface area (TPSA) is 72.7 Å². The van der Waals surface area contributed by atoms with Crippen molar-refractivity contribution >= 4 is 11.6 Å². The highest BCUT2D eigenvalue weighted by atomic mass is 16.6. The Kier molecular flexibility index (Phi) is 4.97. The molecule has 0 aromatic heterocycles. The number of fused-ring (bicyclic) bond motifs is 1. The minimum Gasteiger partial charge on any atom is -0.491 e. The van der Waals surface area contributed by atoms with Gasteiger partial charge in [-0.05, 0) is 25.0 Å². The summed E-state index contributed by atoms with van der Waals surface area (Å²) in [5, 5.41) is 10.9. The molecule has 0 radical (unpaired) electrons. The minimum atomic E-state index is -0.420. The summed E-state index contributed by atoms with van der Waals surface area (Å²) in [5.74, 6) is 0.850. The summed E-state index contributed by atoms with van der Waals surface area (Å²) in [7, 11) is 0. The number of aryl methyl sites for hydroxylation is 1. The van der Waals surface area contributed by atoms with Crippen molar-refractivity contribution in [1.82, 2.24) is 4.90 Å². The second-order valence-corrected chi connectivity index (χ2v) is 6.22. The summed E-state index contributed by atoms with van der Waals surface area (Å²) < 4.78 is 5.78. The fraction of sp³-hybridized carbons (Fsp3) is 0.316. The molecule has 0 N–H and O–H groups in total. The average molecular weight is 340 g/mol. The standard InChI is InChI=1S/C19H20N2O4/c1-14-13-25-18-8-3-2-6-16(18)12-20(14)19(22)10-9-15-5-4-7-17(11-15)21(23)24/h2-8,11,14H,9-10,12-13H2,1H3. The number of nitro groups is 1. The SMILES string of the molecule is CC1COc2ccccc2CN1C(=O)CCc1cccc([N+](=O)[O-])c1. The van der Waals surface area contributed by atoms with Crippen LogP contribution in [-0.2, 0) is 17.8 Å². The van der Waals surface area contributed by atoms with Gasteiger partial charge in [0.25, 0.3) is 5.69 Å². The minimum absolute atomic E-state index is 0.0231. The van der Waals surface area contributed by atoms with E-state index in [1.165, 1.54) is 12.1 Å². The molecule has 1 amide bonds. The third-order valence-electron chi connectivity index (χ3n) is 4.39. The number of amides is 1. The van der Waals surface area contributed by atoms with Gasteiger partial charge in [-0.15, -0.1) is 0 Å². The van der Waals surface area contributed by atoms with Crippen LogP contribution in [0.15, 0.2) is 48.5 Å². The highest BCUT2D eigenvalue weighted by Gasteiger charge is 2.25. The Balaban J connectivity index is 1.68. The second-order valence-electron chi connectivity index (χ2n) is 6.22. The molecular formula is C19H20N2O4. The van der Waals surface area contributed by atoms with E-state index in [1.54, 1.807) is 6.07 Å². The lowest BCUT2D eigenvalue weighted by molar-refractivity contribution is -0.384. The summed E-state index contributed by atoms with van der Waals surface area (Å²) in [4.78, 5) is 25.0. The molecule has 0 aliphatic carbocycles. The van der Waals surface area contributed by atoms with E-state index >= 15 is 0 Å². The van der Waals surface area contributed by atoms with Crippen LogP contribution < -0.4 is 4.74 Å². The van der Waals surface area contributed by atoms with Gasteiger partial charge in [0.2, 0.25) is 5.91 Å². The van der Waals surface area contributed by atoms with Crippen molar-refractivity contribution in [2.45, 2.75) is 32.4 Å². The highest BCUT2D eigenvalue weighted by molar-refractivity contribution is 5.77. The molecule has 1 unspecified atom stereocenters. The van der Waals surface area contributed by atoms with E-state index in [0.717, 1.165) is 16.9 Å². The van der Waals surface area contributed by atoms with E-state index in [-0.39, 0.29) is 17.6 Å². The van der Waals surface area contributed by atoms with E-state index in [4.69, 9.17) is 4.74 Å². The fourth-order valence-electron chi connectivity index (χ4n) is 2.97. The van der Waals surface area contributed by atoms with Gasteiger partial charge in [-0.2, -0.15) is 0 Å². The molecule has 2 aromatic rings. The average Bonchev–Trinajstić information content (AvgIpc) is 2.79. The zero-order valence-electron chi connectivity index (χ0n) is 14.1.